The predicted molar refractivity (Wildman–Crippen MR) is 88.1 cm³/mol. The molecule has 1 atom stereocenters. The van der Waals surface area contributed by atoms with Crippen molar-refractivity contribution in [1.29, 1.82) is 0 Å². The minimum absolute atomic E-state index is 0.0363. The number of aryl methyl sites for hydroxylation is 1. The Morgan fingerprint density at radius 2 is 1.86 bits per heavy atom. The third-order valence-corrected chi connectivity index (χ3v) is 4.93. The molecular formula is C18H18FNS. The van der Waals surface area contributed by atoms with Crippen molar-refractivity contribution in [1.82, 2.24) is 0 Å². The van der Waals surface area contributed by atoms with Crippen molar-refractivity contribution in [3.8, 4) is 0 Å². The van der Waals surface area contributed by atoms with Crippen LogP contribution in [0, 0.1) is 5.82 Å². The van der Waals surface area contributed by atoms with Crippen LogP contribution in [-0.2, 0) is 6.42 Å². The predicted octanol–water partition coefficient (Wildman–Crippen LogP) is 5.06. The molecule has 0 fully saturated rings. The van der Waals surface area contributed by atoms with Crippen molar-refractivity contribution in [2.24, 2.45) is 5.73 Å². The number of benzene rings is 2. The van der Waals surface area contributed by atoms with E-state index in [-0.39, 0.29) is 11.9 Å². The first-order chi connectivity index (χ1) is 10.2. The van der Waals surface area contributed by atoms with Gasteiger partial charge in [0.05, 0.1) is 0 Å². The third kappa shape index (κ3) is 3.49. The topological polar surface area (TPSA) is 26.0 Å². The smallest absolute Gasteiger partial charge is 0.123 e. The molecule has 2 N–H and O–H groups in total. The van der Waals surface area contributed by atoms with Crippen LogP contribution in [0.2, 0.25) is 0 Å². The highest BCUT2D eigenvalue weighted by Gasteiger charge is 2.10. The number of thiophene rings is 1. The zero-order chi connectivity index (χ0) is 14.7. The Morgan fingerprint density at radius 3 is 2.67 bits per heavy atom. The van der Waals surface area contributed by atoms with E-state index < -0.39 is 0 Å². The summed E-state index contributed by atoms with van der Waals surface area (Å²) in [6.45, 7) is 0. The second-order valence-corrected chi connectivity index (χ2v) is 6.43. The van der Waals surface area contributed by atoms with Crippen LogP contribution >= 0.6 is 11.3 Å². The Kier molecular flexibility index (Phi) is 4.32. The summed E-state index contributed by atoms with van der Waals surface area (Å²) in [5.74, 6) is -0.190. The van der Waals surface area contributed by atoms with Gasteiger partial charge in [-0.1, -0.05) is 30.3 Å². The van der Waals surface area contributed by atoms with E-state index in [4.69, 9.17) is 5.73 Å². The molecule has 0 saturated heterocycles. The van der Waals surface area contributed by atoms with Gasteiger partial charge in [0.2, 0.25) is 0 Å². The van der Waals surface area contributed by atoms with Gasteiger partial charge >= 0.3 is 0 Å². The second-order valence-electron chi connectivity index (χ2n) is 5.32. The molecule has 0 aliphatic carbocycles. The molecule has 0 spiro atoms. The summed E-state index contributed by atoms with van der Waals surface area (Å²) in [4.78, 5) is 1.14. The molecule has 1 aromatic heterocycles. The first kappa shape index (κ1) is 14.2. The van der Waals surface area contributed by atoms with Crippen molar-refractivity contribution in [3.05, 3.63) is 70.9 Å². The van der Waals surface area contributed by atoms with Crippen molar-refractivity contribution in [2.45, 2.75) is 25.3 Å². The van der Waals surface area contributed by atoms with Gasteiger partial charge in [-0.3, -0.25) is 0 Å². The normalized spacial score (nSPS) is 12.7. The Hall–Kier alpha value is -1.71. The van der Waals surface area contributed by atoms with E-state index in [9.17, 15) is 4.39 Å². The Balaban J connectivity index is 1.62. The fraction of sp³-hybridized carbons (Fsp3) is 0.222. The lowest BCUT2D eigenvalue weighted by Crippen LogP contribution is -2.08. The van der Waals surface area contributed by atoms with Gasteiger partial charge in [-0.25, -0.2) is 4.39 Å². The van der Waals surface area contributed by atoms with Crippen molar-refractivity contribution >= 4 is 21.4 Å². The molecule has 3 aromatic rings. The summed E-state index contributed by atoms with van der Waals surface area (Å²) in [5, 5.41) is 0.952. The highest BCUT2D eigenvalue weighted by atomic mass is 32.1. The molecule has 0 bridgehead atoms. The molecule has 0 amide bonds. The zero-order valence-electron chi connectivity index (χ0n) is 11.8. The Morgan fingerprint density at radius 1 is 1.05 bits per heavy atom. The van der Waals surface area contributed by atoms with Crippen LogP contribution < -0.4 is 5.73 Å². The largest absolute Gasteiger partial charge is 0.323 e. The van der Waals surface area contributed by atoms with Gasteiger partial charge in [-0.05, 0) is 54.5 Å². The molecule has 0 aliphatic rings. The fourth-order valence-electron chi connectivity index (χ4n) is 2.53. The molecule has 1 nitrogen and oxygen atoms in total. The third-order valence-electron chi connectivity index (χ3n) is 3.69. The lowest BCUT2D eigenvalue weighted by molar-refractivity contribution is 0.620. The SMILES string of the molecule is NC(CCCc1ccccc1)c1cc2cc(F)ccc2s1. The van der Waals surface area contributed by atoms with E-state index in [1.165, 1.54) is 11.6 Å². The van der Waals surface area contributed by atoms with E-state index in [0.29, 0.717) is 0 Å². The summed E-state index contributed by atoms with van der Waals surface area (Å²) < 4.78 is 14.3. The maximum Gasteiger partial charge on any atom is 0.123 e. The summed E-state index contributed by atoms with van der Waals surface area (Å²) in [6, 6.07) is 17.4. The monoisotopic (exact) mass is 299 g/mol. The number of halogens is 1. The Labute approximate surface area is 128 Å². The van der Waals surface area contributed by atoms with Crippen molar-refractivity contribution in [2.75, 3.05) is 0 Å². The molecule has 3 rings (SSSR count). The maximum absolute atomic E-state index is 13.2. The van der Waals surface area contributed by atoms with Gasteiger partial charge in [0.15, 0.2) is 0 Å². The average Bonchev–Trinajstić information content (AvgIpc) is 2.91. The molecule has 108 valence electrons. The van der Waals surface area contributed by atoms with Crippen LogP contribution in [-0.4, -0.2) is 0 Å². The minimum Gasteiger partial charge on any atom is -0.323 e. The average molecular weight is 299 g/mol. The fourth-order valence-corrected chi connectivity index (χ4v) is 3.61. The number of hydrogen-bond donors (Lipinski definition) is 1. The van der Waals surface area contributed by atoms with E-state index in [1.807, 2.05) is 18.2 Å². The van der Waals surface area contributed by atoms with Gasteiger partial charge in [-0.2, -0.15) is 0 Å². The number of rotatable bonds is 5. The van der Waals surface area contributed by atoms with Gasteiger partial charge in [0.25, 0.3) is 0 Å². The highest BCUT2D eigenvalue weighted by Crippen LogP contribution is 2.31. The zero-order valence-corrected chi connectivity index (χ0v) is 12.6. The molecule has 3 heteroatoms. The van der Waals surface area contributed by atoms with E-state index in [0.717, 1.165) is 34.2 Å². The quantitative estimate of drug-likeness (QED) is 0.700. The molecule has 0 radical (unpaired) electrons. The number of fused-ring (bicyclic) bond motifs is 1. The molecular weight excluding hydrogens is 281 g/mol. The van der Waals surface area contributed by atoms with Crippen molar-refractivity contribution in [3.63, 3.8) is 0 Å². The minimum atomic E-state index is -0.190. The maximum atomic E-state index is 13.2. The van der Waals surface area contributed by atoms with Crippen molar-refractivity contribution < 1.29 is 4.39 Å². The molecule has 0 saturated carbocycles. The van der Waals surface area contributed by atoms with Crippen LogP contribution in [0.25, 0.3) is 10.1 Å². The summed E-state index contributed by atoms with van der Waals surface area (Å²) in [6.07, 6.45) is 3.06. The van der Waals surface area contributed by atoms with E-state index in [2.05, 4.69) is 24.3 Å². The van der Waals surface area contributed by atoms with Gasteiger partial charge < -0.3 is 5.73 Å². The number of hydrogen-bond acceptors (Lipinski definition) is 2. The lowest BCUT2D eigenvalue weighted by Gasteiger charge is -2.09. The van der Waals surface area contributed by atoms with Crippen LogP contribution in [0.3, 0.4) is 0 Å². The van der Waals surface area contributed by atoms with Crippen LogP contribution in [0.5, 0.6) is 0 Å². The van der Waals surface area contributed by atoms with Gasteiger partial charge in [0, 0.05) is 15.6 Å². The molecule has 21 heavy (non-hydrogen) atoms. The Bertz CT molecular complexity index is 720. The summed E-state index contributed by atoms with van der Waals surface area (Å²) in [7, 11) is 0. The number of nitrogens with two attached hydrogens (primary N) is 1. The lowest BCUT2D eigenvalue weighted by atomic mass is 10.0. The molecule has 0 aliphatic heterocycles. The molecule has 1 unspecified atom stereocenters. The second kappa shape index (κ2) is 6.37. The van der Waals surface area contributed by atoms with Crippen LogP contribution in [0.4, 0.5) is 4.39 Å². The van der Waals surface area contributed by atoms with E-state index in [1.54, 1.807) is 17.4 Å². The first-order valence-corrected chi connectivity index (χ1v) is 8.02. The van der Waals surface area contributed by atoms with E-state index >= 15 is 0 Å². The van der Waals surface area contributed by atoms with Gasteiger partial charge in [0.1, 0.15) is 5.82 Å². The van der Waals surface area contributed by atoms with Gasteiger partial charge in [-0.15, -0.1) is 11.3 Å². The summed E-state index contributed by atoms with van der Waals surface area (Å²) >= 11 is 1.67. The molecule has 2 aromatic carbocycles. The van der Waals surface area contributed by atoms with Crippen LogP contribution in [0.1, 0.15) is 29.3 Å². The highest BCUT2D eigenvalue weighted by molar-refractivity contribution is 7.19. The standard InChI is InChI=1S/C18H18FNS/c19-15-9-10-17-14(11-15)12-18(21-17)16(20)8-4-7-13-5-2-1-3-6-13/h1-3,5-6,9-12,16H,4,7-8,20H2. The first-order valence-electron chi connectivity index (χ1n) is 7.21. The summed E-state index contributed by atoms with van der Waals surface area (Å²) in [5.41, 5.74) is 7.63. The molecule has 1 heterocycles. The van der Waals surface area contributed by atoms with Crippen LogP contribution in [0.15, 0.2) is 54.6 Å².